The highest BCUT2D eigenvalue weighted by molar-refractivity contribution is 5.95. The smallest absolute Gasteiger partial charge is 0.224 e. The van der Waals surface area contributed by atoms with Crippen molar-refractivity contribution in [3.63, 3.8) is 0 Å². The Morgan fingerprint density at radius 3 is 2.84 bits per heavy atom. The van der Waals surface area contributed by atoms with Gasteiger partial charge in [0.1, 0.15) is 5.75 Å². The van der Waals surface area contributed by atoms with Crippen LogP contribution in [0.25, 0.3) is 11.1 Å². The van der Waals surface area contributed by atoms with Gasteiger partial charge in [0.25, 0.3) is 0 Å². The van der Waals surface area contributed by atoms with Crippen LogP contribution in [0.2, 0.25) is 0 Å². The molecule has 2 aromatic rings. The molecule has 2 atom stereocenters. The number of benzene rings is 1. The lowest BCUT2D eigenvalue weighted by Crippen LogP contribution is -2.40. The highest BCUT2D eigenvalue weighted by Gasteiger charge is 2.30. The Kier molecular flexibility index (Phi) is 6.08. The van der Waals surface area contributed by atoms with Gasteiger partial charge in [-0.2, -0.15) is 5.10 Å². The third-order valence-electron chi connectivity index (χ3n) is 6.21. The number of carbonyl (C=O) groups is 1. The summed E-state index contributed by atoms with van der Waals surface area (Å²) in [4.78, 5) is 14.3. The van der Waals surface area contributed by atoms with Crippen LogP contribution in [0.4, 0.5) is 5.69 Å². The maximum absolute atomic E-state index is 12.4. The first-order chi connectivity index (χ1) is 14.7. The van der Waals surface area contributed by atoms with Crippen molar-refractivity contribution < 1.29 is 14.6 Å². The molecule has 0 aliphatic carbocycles. The SMILES string of the molecule is CC(=O)N1c2ccc(-c3cnn(CC(C)(C)O)c3)c(OCC3CCNC3)c2CCC1C. The van der Waals surface area contributed by atoms with Gasteiger partial charge in [0, 0.05) is 48.3 Å². The lowest BCUT2D eigenvalue weighted by atomic mass is 9.92. The van der Waals surface area contributed by atoms with E-state index in [0.717, 1.165) is 60.5 Å². The van der Waals surface area contributed by atoms with Crippen LogP contribution in [0.3, 0.4) is 0 Å². The second-order valence-electron chi connectivity index (χ2n) is 9.63. The van der Waals surface area contributed by atoms with Crippen molar-refractivity contribution in [1.29, 1.82) is 0 Å². The third kappa shape index (κ3) is 4.77. The predicted molar refractivity (Wildman–Crippen MR) is 121 cm³/mol. The molecule has 2 N–H and O–H groups in total. The van der Waals surface area contributed by atoms with Gasteiger partial charge in [-0.15, -0.1) is 0 Å². The number of aliphatic hydroxyl groups is 1. The molecule has 168 valence electrons. The summed E-state index contributed by atoms with van der Waals surface area (Å²) in [6.45, 7) is 10.4. The van der Waals surface area contributed by atoms with Gasteiger partial charge in [0.15, 0.2) is 0 Å². The quantitative estimate of drug-likeness (QED) is 0.742. The molecule has 0 spiro atoms. The number of fused-ring (bicyclic) bond motifs is 1. The van der Waals surface area contributed by atoms with E-state index in [4.69, 9.17) is 4.74 Å². The second kappa shape index (κ2) is 8.63. The Morgan fingerprint density at radius 1 is 1.35 bits per heavy atom. The molecule has 1 amide bonds. The molecule has 1 aromatic carbocycles. The van der Waals surface area contributed by atoms with Crippen LogP contribution in [-0.2, 0) is 17.8 Å². The maximum atomic E-state index is 12.4. The molecule has 1 saturated heterocycles. The van der Waals surface area contributed by atoms with E-state index >= 15 is 0 Å². The van der Waals surface area contributed by atoms with Crippen molar-refractivity contribution >= 4 is 11.6 Å². The molecule has 2 aliphatic heterocycles. The summed E-state index contributed by atoms with van der Waals surface area (Å²) in [7, 11) is 0. The van der Waals surface area contributed by atoms with Crippen LogP contribution in [0, 0.1) is 5.92 Å². The fourth-order valence-electron chi connectivity index (χ4n) is 4.72. The summed E-state index contributed by atoms with van der Waals surface area (Å²) in [5, 5.41) is 18.0. The molecule has 7 nitrogen and oxygen atoms in total. The van der Waals surface area contributed by atoms with Gasteiger partial charge >= 0.3 is 0 Å². The monoisotopic (exact) mass is 426 g/mol. The van der Waals surface area contributed by atoms with E-state index in [9.17, 15) is 9.90 Å². The van der Waals surface area contributed by atoms with Crippen molar-refractivity contribution in [2.45, 2.75) is 65.1 Å². The van der Waals surface area contributed by atoms with Crippen LogP contribution in [-0.4, -0.2) is 52.1 Å². The second-order valence-corrected chi connectivity index (χ2v) is 9.63. The maximum Gasteiger partial charge on any atom is 0.224 e. The van der Waals surface area contributed by atoms with Crippen LogP contribution in [0.15, 0.2) is 24.5 Å². The Hall–Kier alpha value is -2.38. The summed E-state index contributed by atoms with van der Waals surface area (Å²) in [6, 6.07) is 4.26. The zero-order chi connectivity index (χ0) is 22.2. The van der Waals surface area contributed by atoms with E-state index in [2.05, 4.69) is 17.3 Å². The first kappa shape index (κ1) is 21.8. The van der Waals surface area contributed by atoms with Crippen LogP contribution in [0.5, 0.6) is 5.75 Å². The summed E-state index contributed by atoms with van der Waals surface area (Å²) < 4.78 is 8.25. The van der Waals surface area contributed by atoms with Gasteiger partial charge in [-0.1, -0.05) is 0 Å². The van der Waals surface area contributed by atoms with Crippen molar-refractivity contribution in [3.8, 4) is 16.9 Å². The Bertz CT molecular complexity index is 941. The number of nitrogens with one attached hydrogen (secondary N) is 1. The lowest BCUT2D eigenvalue weighted by Gasteiger charge is -2.36. The van der Waals surface area contributed by atoms with Crippen molar-refractivity contribution in [2.24, 2.45) is 5.92 Å². The molecule has 4 rings (SSSR count). The summed E-state index contributed by atoms with van der Waals surface area (Å²) in [5.41, 5.74) is 3.17. The van der Waals surface area contributed by atoms with Crippen molar-refractivity contribution in [1.82, 2.24) is 15.1 Å². The average Bonchev–Trinajstić information content (AvgIpc) is 3.36. The fourth-order valence-corrected chi connectivity index (χ4v) is 4.72. The minimum atomic E-state index is -0.841. The molecule has 0 radical (unpaired) electrons. The fraction of sp³-hybridized carbons (Fsp3) is 0.583. The van der Waals surface area contributed by atoms with E-state index in [1.54, 1.807) is 25.5 Å². The first-order valence-electron chi connectivity index (χ1n) is 11.3. The topological polar surface area (TPSA) is 79.6 Å². The van der Waals surface area contributed by atoms with Crippen LogP contribution < -0.4 is 15.0 Å². The number of carbonyl (C=O) groups excluding carboxylic acids is 1. The number of rotatable bonds is 6. The molecule has 0 bridgehead atoms. The first-order valence-corrected chi connectivity index (χ1v) is 11.3. The Labute approximate surface area is 184 Å². The number of anilines is 1. The van der Waals surface area contributed by atoms with E-state index < -0.39 is 5.60 Å². The highest BCUT2D eigenvalue weighted by Crippen LogP contribution is 2.43. The predicted octanol–water partition coefficient (Wildman–Crippen LogP) is 3.00. The highest BCUT2D eigenvalue weighted by atomic mass is 16.5. The molecule has 2 unspecified atom stereocenters. The number of ether oxygens (including phenoxy) is 1. The van der Waals surface area contributed by atoms with E-state index in [1.165, 1.54) is 0 Å². The van der Waals surface area contributed by atoms with Gasteiger partial charge in [-0.05, 0) is 58.7 Å². The Morgan fingerprint density at radius 2 is 2.16 bits per heavy atom. The van der Waals surface area contributed by atoms with Gasteiger partial charge < -0.3 is 20.1 Å². The van der Waals surface area contributed by atoms with Gasteiger partial charge in [0.2, 0.25) is 5.91 Å². The summed E-state index contributed by atoms with van der Waals surface area (Å²) in [5.74, 6) is 1.42. The van der Waals surface area contributed by atoms with E-state index in [-0.39, 0.29) is 11.9 Å². The molecule has 31 heavy (non-hydrogen) atoms. The number of amides is 1. The number of aromatic nitrogens is 2. The molecule has 1 fully saturated rings. The third-order valence-corrected chi connectivity index (χ3v) is 6.21. The van der Waals surface area contributed by atoms with Gasteiger partial charge in [-0.3, -0.25) is 9.48 Å². The lowest BCUT2D eigenvalue weighted by molar-refractivity contribution is -0.117. The average molecular weight is 427 g/mol. The zero-order valence-corrected chi connectivity index (χ0v) is 19.0. The van der Waals surface area contributed by atoms with Crippen LogP contribution in [0.1, 0.15) is 46.1 Å². The minimum Gasteiger partial charge on any atom is -0.492 e. The molecule has 1 aromatic heterocycles. The molecule has 2 aliphatic rings. The number of hydrogen-bond acceptors (Lipinski definition) is 5. The van der Waals surface area contributed by atoms with E-state index in [1.807, 2.05) is 29.4 Å². The number of hydrogen-bond donors (Lipinski definition) is 2. The molecule has 3 heterocycles. The Balaban J connectivity index is 1.73. The van der Waals surface area contributed by atoms with Gasteiger partial charge in [0.05, 0.1) is 30.6 Å². The normalized spacial score (nSPS) is 21.3. The summed E-state index contributed by atoms with van der Waals surface area (Å²) >= 11 is 0. The zero-order valence-electron chi connectivity index (χ0n) is 19.0. The van der Waals surface area contributed by atoms with Gasteiger partial charge in [-0.25, -0.2) is 0 Å². The van der Waals surface area contributed by atoms with Crippen LogP contribution >= 0.6 is 0 Å². The minimum absolute atomic E-state index is 0.0603. The largest absolute Gasteiger partial charge is 0.492 e. The molecular weight excluding hydrogens is 392 g/mol. The standard InChI is InChI=1S/C24H34N4O3/c1-16-5-6-21-22(28(16)17(2)29)8-7-20(23(21)31-14-18-9-10-25-11-18)19-12-26-27(13-19)15-24(3,4)30/h7-8,12-13,16,18,25,30H,5-6,9-11,14-15H2,1-4H3. The van der Waals surface area contributed by atoms with Crippen molar-refractivity contribution in [2.75, 3.05) is 24.6 Å². The molecule has 7 heteroatoms. The number of nitrogens with zero attached hydrogens (tertiary/aromatic N) is 3. The molecular formula is C24H34N4O3. The van der Waals surface area contributed by atoms with Crippen molar-refractivity contribution in [3.05, 3.63) is 30.1 Å². The summed E-state index contributed by atoms with van der Waals surface area (Å²) in [6.07, 6.45) is 6.69. The van der Waals surface area contributed by atoms with E-state index in [0.29, 0.717) is 19.1 Å². The molecule has 0 saturated carbocycles.